The molecule has 0 spiro atoms. The van der Waals surface area contributed by atoms with Gasteiger partial charge >= 0.3 is 0 Å². The van der Waals surface area contributed by atoms with Crippen LogP contribution >= 0.6 is 0 Å². The summed E-state index contributed by atoms with van der Waals surface area (Å²) in [4.78, 5) is 12.5. The Morgan fingerprint density at radius 1 is 0.821 bits per heavy atom. The van der Waals surface area contributed by atoms with Gasteiger partial charge in [0, 0.05) is 16.7 Å². The molecule has 0 radical (unpaired) electrons. The van der Waals surface area contributed by atoms with Crippen molar-refractivity contribution in [3.63, 3.8) is 0 Å². The van der Waals surface area contributed by atoms with Crippen molar-refractivity contribution in [3.8, 4) is 17.2 Å². The summed E-state index contributed by atoms with van der Waals surface area (Å²) in [5.41, 5.74) is 2.12. The molecule has 1 heterocycles. The SMILES string of the molecule is C[C@@H](Oc1ccc(C(=O)c2ccccc2)cc1)c1nnc(-c2ccccc2)o1. The normalized spacial score (nSPS) is 11.8. The van der Waals surface area contributed by atoms with Crippen molar-refractivity contribution in [3.05, 3.63) is 102 Å². The molecule has 0 aliphatic heterocycles. The van der Waals surface area contributed by atoms with Crippen LogP contribution in [0.5, 0.6) is 5.75 Å². The molecule has 1 atom stereocenters. The second-order valence-corrected chi connectivity index (χ2v) is 6.29. The Bertz CT molecular complexity index is 1060. The zero-order valence-electron chi connectivity index (χ0n) is 15.3. The van der Waals surface area contributed by atoms with Crippen LogP contribution in [0, 0.1) is 0 Å². The third kappa shape index (κ3) is 3.83. The molecule has 0 saturated carbocycles. The van der Waals surface area contributed by atoms with Crippen molar-refractivity contribution in [2.45, 2.75) is 13.0 Å². The van der Waals surface area contributed by atoms with Crippen LogP contribution in [0.25, 0.3) is 11.5 Å². The number of hydrogen-bond acceptors (Lipinski definition) is 5. The first kappa shape index (κ1) is 17.7. The van der Waals surface area contributed by atoms with Gasteiger partial charge in [0.2, 0.25) is 5.89 Å². The fourth-order valence-corrected chi connectivity index (χ4v) is 2.79. The fourth-order valence-electron chi connectivity index (χ4n) is 2.79. The first-order valence-electron chi connectivity index (χ1n) is 8.96. The minimum Gasteiger partial charge on any atom is -0.481 e. The van der Waals surface area contributed by atoms with E-state index in [2.05, 4.69) is 10.2 Å². The van der Waals surface area contributed by atoms with Crippen LogP contribution in [-0.4, -0.2) is 16.0 Å². The van der Waals surface area contributed by atoms with Crippen LogP contribution in [0.1, 0.15) is 34.8 Å². The summed E-state index contributed by atoms with van der Waals surface area (Å²) in [7, 11) is 0. The number of nitrogens with zero attached hydrogens (tertiary/aromatic N) is 2. The summed E-state index contributed by atoms with van der Waals surface area (Å²) in [6, 6.07) is 25.8. The molecule has 0 aliphatic carbocycles. The largest absolute Gasteiger partial charge is 0.481 e. The van der Waals surface area contributed by atoms with E-state index in [4.69, 9.17) is 9.15 Å². The van der Waals surface area contributed by atoms with Gasteiger partial charge in [0.25, 0.3) is 5.89 Å². The molecule has 0 aliphatic rings. The molecule has 0 saturated heterocycles. The Morgan fingerprint density at radius 3 is 2.11 bits per heavy atom. The van der Waals surface area contributed by atoms with Crippen molar-refractivity contribution in [2.24, 2.45) is 0 Å². The summed E-state index contributed by atoms with van der Waals surface area (Å²) in [5, 5.41) is 8.16. The molecule has 0 bridgehead atoms. The zero-order valence-corrected chi connectivity index (χ0v) is 15.3. The average Bonchev–Trinajstić information content (AvgIpc) is 3.26. The van der Waals surface area contributed by atoms with Crippen LogP contribution in [0.4, 0.5) is 0 Å². The molecule has 28 heavy (non-hydrogen) atoms. The Labute approximate surface area is 162 Å². The van der Waals surface area contributed by atoms with Gasteiger partial charge in [-0.15, -0.1) is 10.2 Å². The van der Waals surface area contributed by atoms with Gasteiger partial charge in [0.1, 0.15) is 5.75 Å². The Kier molecular flexibility index (Phi) is 4.97. The second kappa shape index (κ2) is 7.88. The average molecular weight is 370 g/mol. The van der Waals surface area contributed by atoms with Crippen LogP contribution in [-0.2, 0) is 0 Å². The van der Waals surface area contributed by atoms with Gasteiger partial charge in [0.15, 0.2) is 11.9 Å². The quantitative estimate of drug-likeness (QED) is 0.441. The van der Waals surface area contributed by atoms with E-state index in [0.717, 1.165) is 5.56 Å². The standard InChI is InChI=1S/C23H18N2O3/c1-16(22-24-25-23(28-22)19-10-6-3-7-11-19)27-20-14-12-18(13-15-20)21(26)17-8-4-2-5-9-17/h2-16H,1H3/t16-/m1/s1. The van der Waals surface area contributed by atoms with E-state index in [0.29, 0.717) is 28.7 Å². The number of hydrogen-bond donors (Lipinski definition) is 0. The molecule has 5 nitrogen and oxygen atoms in total. The minimum atomic E-state index is -0.416. The van der Waals surface area contributed by atoms with E-state index in [1.807, 2.05) is 55.5 Å². The van der Waals surface area contributed by atoms with Crippen molar-refractivity contribution in [1.82, 2.24) is 10.2 Å². The van der Waals surface area contributed by atoms with E-state index in [-0.39, 0.29) is 5.78 Å². The smallest absolute Gasteiger partial charge is 0.257 e. The molecule has 138 valence electrons. The molecule has 3 aromatic carbocycles. The lowest BCUT2D eigenvalue weighted by Crippen LogP contribution is -2.04. The molecular formula is C23H18N2O3. The highest BCUT2D eigenvalue weighted by atomic mass is 16.5. The maximum atomic E-state index is 12.5. The molecule has 0 fully saturated rings. The van der Waals surface area contributed by atoms with Gasteiger partial charge in [-0.1, -0.05) is 48.5 Å². The van der Waals surface area contributed by atoms with E-state index in [1.54, 1.807) is 36.4 Å². The van der Waals surface area contributed by atoms with E-state index < -0.39 is 6.10 Å². The lowest BCUT2D eigenvalue weighted by molar-refractivity contribution is 0.103. The lowest BCUT2D eigenvalue weighted by atomic mass is 10.0. The number of rotatable bonds is 6. The van der Waals surface area contributed by atoms with Gasteiger partial charge in [-0.2, -0.15) is 0 Å². The number of carbonyl (C=O) groups excluding carboxylic acids is 1. The first-order valence-corrected chi connectivity index (χ1v) is 8.96. The first-order chi connectivity index (χ1) is 13.7. The van der Waals surface area contributed by atoms with Gasteiger partial charge in [-0.3, -0.25) is 4.79 Å². The molecule has 5 heteroatoms. The number of carbonyl (C=O) groups is 1. The summed E-state index contributed by atoms with van der Waals surface area (Å²) in [6.07, 6.45) is -0.416. The van der Waals surface area contributed by atoms with Crippen LogP contribution in [0.15, 0.2) is 89.3 Å². The van der Waals surface area contributed by atoms with Crippen LogP contribution in [0.3, 0.4) is 0 Å². The molecule has 1 aromatic heterocycles. The van der Waals surface area contributed by atoms with Crippen molar-refractivity contribution >= 4 is 5.78 Å². The lowest BCUT2D eigenvalue weighted by Gasteiger charge is -2.11. The number of benzene rings is 3. The Morgan fingerprint density at radius 2 is 1.43 bits per heavy atom. The fraction of sp³-hybridized carbons (Fsp3) is 0.0870. The molecule has 0 unspecified atom stereocenters. The second-order valence-electron chi connectivity index (χ2n) is 6.29. The number of aromatic nitrogens is 2. The molecule has 4 rings (SSSR count). The van der Waals surface area contributed by atoms with Gasteiger partial charge < -0.3 is 9.15 Å². The Balaban J connectivity index is 1.45. The van der Waals surface area contributed by atoms with E-state index >= 15 is 0 Å². The van der Waals surface area contributed by atoms with Crippen molar-refractivity contribution in [2.75, 3.05) is 0 Å². The Hall–Kier alpha value is -3.73. The minimum absolute atomic E-state index is 0.0235. The van der Waals surface area contributed by atoms with Gasteiger partial charge in [-0.25, -0.2) is 0 Å². The third-order valence-electron chi connectivity index (χ3n) is 4.27. The van der Waals surface area contributed by atoms with Crippen molar-refractivity contribution < 1.29 is 13.9 Å². The predicted molar refractivity (Wildman–Crippen MR) is 105 cm³/mol. The predicted octanol–water partition coefficient (Wildman–Crippen LogP) is 5.11. The van der Waals surface area contributed by atoms with E-state index in [9.17, 15) is 4.79 Å². The molecule has 0 amide bonds. The van der Waals surface area contributed by atoms with Crippen molar-refractivity contribution in [1.29, 1.82) is 0 Å². The summed E-state index contributed by atoms with van der Waals surface area (Å²) >= 11 is 0. The van der Waals surface area contributed by atoms with Crippen LogP contribution in [0.2, 0.25) is 0 Å². The third-order valence-corrected chi connectivity index (χ3v) is 4.27. The van der Waals surface area contributed by atoms with Crippen LogP contribution < -0.4 is 4.74 Å². The summed E-state index contributed by atoms with van der Waals surface area (Å²) in [6.45, 7) is 1.84. The highest BCUT2D eigenvalue weighted by Gasteiger charge is 2.17. The molecule has 4 aromatic rings. The van der Waals surface area contributed by atoms with Gasteiger partial charge in [0.05, 0.1) is 0 Å². The maximum absolute atomic E-state index is 12.5. The van der Waals surface area contributed by atoms with Gasteiger partial charge in [-0.05, 0) is 43.3 Å². The monoisotopic (exact) mass is 370 g/mol. The molecule has 0 N–H and O–H groups in total. The maximum Gasteiger partial charge on any atom is 0.257 e. The summed E-state index contributed by atoms with van der Waals surface area (Å²) in [5.74, 6) is 1.44. The zero-order chi connectivity index (χ0) is 19.3. The highest BCUT2D eigenvalue weighted by molar-refractivity contribution is 6.08. The number of ether oxygens (including phenoxy) is 1. The topological polar surface area (TPSA) is 65.2 Å². The number of ketones is 1. The summed E-state index contributed by atoms with van der Waals surface area (Å²) < 4.78 is 11.6. The highest BCUT2D eigenvalue weighted by Crippen LogP contribution is 2.25. The molecular weight excluding hydrogens is 352 g/mol. The van der Waals surface area contributed by atoms with E-state index in [1.165, 1.54) is 0 Å².